The molecular weight excluding hydrogens is 245 g/mol. The summed E-state index contributed by atoms with van der Waals surface area (Å²) in [5.41, 5.74) is -0.182. The van der Waals surface area contributed by atoms with Gasteiger partial charge in [-0.2, -0.15) is 0 Å². The van der Waals surface area contributed by atoms with E-state index in [9.17, 15) is 9.50 Å². The maximum Gasteiger partial charge on any atom is 0.165 e. The first-order valence-electron chi connectivity index (χ1n) is 6.89. The number of aliphatic hydroxyl groups excluding tert-OH is 1. The van der Waals surface area contributed by atoms with E-state index in [2.05, 4.69) is 5.32 Å². The monoisotopic (exact) mass is 267 g/mol. The van der Waals surface area contributed by atoms with Crippen LogP contribution >= 0.6 is 0 Å². The fourth-order valence-corrected chi connectivity index (χ4v) is 3.05. The molecule has 2 unspecified atom stereocenters. The standard InChI is InChI=1S/C15H22FNO2/c1-17-15(11-18)9-4-5-12(15)8-10-19-14-7-3-2-6-13(14)16/h2-3,6-7,12,17-18H,4-5,8-11H2,1H3. The molecule has 0 radical (unpaired) electrons. The molecule has 0 aromatic heterocycles. The van der Waals surface area contributed by atoms with Gasteiger partial charge in [-0.05, 0) is 44.4 Å². The maximum absolute atomic E-state index is 13.4. The fourth-order valence-electron chi connectivity index (χ4n) is 3.05. The lowest BCUT2D eigenvalue weighted by molar-refractivity contribution is 0.116. The second kappa shape index (κ2) is 6.35. The summed E-state index contributed by atoms with van der Waals surface area (Å²) in [5, 5.41) is 12.8. The van der Waals surface area contributed by atoms with Crippen LogP contribution in [0.15, 0.2) is 24.3 Å². The maximum atomic E-state index is 13.4. The average Bonchev–Trinajstić information content (AvgIpc) is 2.84. The molecule has 2 N–H and O–H groups in total. The molecule has 1 saturated carbocycles. The van der Waals surface area contributed by atoms with Crippen LogP contribution in [0.4, 0.5) is 4.39 Å². The number of hydrogen-bond donors (Lipinski definition) is 2. The number of hydrogen-bond acceptors (Lipinski definition) is 3. The van der Waals surface area contributed by atoms with Crippen molar-refractivity contribution in [2.45, 2.75) is 31.2 Å². The van der Waals surface area contributed by atoms with Crippen molar-refractivity contribution in [3.63, 3.8) is 0 Å². The number of para-hydroxylation sites is 1. The summed E-state index contributed by atoms with van der Waals surface area (Å²) in [5.74, 6) is 0.366. The summed E-state index contributed by atoms with van der Waals surface area (Å²) >= 11 is 0. The molecule has 0 heterocycles. The third-order valence-electron chi connectivity index (χ3n) is 4.30. The highest BCUT2D eigenvalue weighted by atomic mass is 19.1. The van der Waals surface area contributed by atoms with E-state index in [1.807, 2.05) is 7.05 Å². The third kappa shape index (κ3) is 3.07. The van der Waals surface area contributed by atoms with Crippen LogP contribution in [-0.2, 0) is 0 Å². The van der Waals surface area contributed by atoms with E-state index in [1.165, 1.54) is 6.07 Å². The van der Waals surface area contributed by atoms with E-state index in [1.54, 1.807) is 18.2 Å². The lowest BCUT2D eigenvalue weighted by Crippen LogP contribution is -2.49. The predicted molar refractivity (Wildman–Crippen MR) is 72.7 cm³/mol. The SMILES string of the molecule is CNC1(CO)CCCC1CCOc1ccccc1F. The summed E-state index contributed by atoms with van der Waals surface area (Å²) in [6.07, 6.45) is 4.02. The number of halogens is 1. The first kappa shape index (κ1) is 14.3. The Hall–Kier alpha value is -1.13. The molecule has 1 aliphatic carbocycles. The Morgan fingerprint density at radius 1 is 1.47 bits per heavy atom. The van der Waals surface area contributed by atoms with Gasteiger partial charge in [-0.25, -0.2) is 4.39 Å². The number of aliphatic hydroxyl groups is 1. The van der Waals surface area contributed by atoms with Crippen molar-refractivity contribution < 1.29 is 14.2 Å². The lowest BCUT2D eigenvalue weighted by atomic mass is 9.86. The van der Waals surface area contributed by atoms with Gasteiger partial charge in [0.15, 0.2) is 11.6 Å². The molecule has 2 rings (SSSR count). The molecule has 4 heteroatoms. The molecule has 0 amide bonds. The number of benzene rings is 1. The zero-order valence-corrected chi connectivity index (χ0v) is 11.4. The lowest BCUT2D eigenvalue weighted by Gasteiger charge is -2.33. The van der Waals surface area contributed by atoms with Gasteiger partial charge in [0.1, 0.15) is 0 Å². The molecule has 2 atom stereocenters. The van der Waals surface area contributed by atoms with Gasteiger partial charge in [0.2, 0.25) is 0 Å². The number of ether oxygens (including phenoxy) is 1. The van der Waals surface area contributed by atoms with Crippen LogP contribution in [0.5, 0.6) is 5.75 Å². The zero-order valence-electron chi connectivity index (χ0n) is 11.4. The molecular formula is C15H22FNO2. The Morgan fingerprint density at radius 2 is 2.26 bits per heavy atom. The highest BCUT2D eigenvalue weighted by Gasteiger charge is 2.40. The van der Waals surface area contributed by atoms with Gasteiger partial charge in [-0.15, -0.1) is 0 Å². The van der Waals surface area contributed by atoms with E-state index in [4.69, 9.17) is 4.74 Å². The summed E-state index contributed by atoms with van der Waals surface area (Å²) in [7, 11) is 1.90. The van der Waals surface area contributed by atoms with Gasteiger partial charge in [-0.3, -0.25) is 0 Å². The fraction of sp³-hybridized carbons (Fsp3) is 0.600. The zero-order chi connectivity index (χ0) is 13.7. The van der Waals surface area contributed by atoms with Crippen molar-refractivity contribution in [2.24, 2.45) is 5.92 Å². The number of rotatable bonds is 6. The first-order valence-corrected chi connectivity index (χ1v) is 6.89. The molecule has 0 saturated heterocycles. The number of nitrogens with one attached hydrogen (secondary N) is 1. The number of likely N-dealkylation sites (N-methyl/N-ethyl adjacent to an activating group) is 1. The van der Waals surface area contributed by atoms with Crippen molar-refractivity contribution in [2.75, 3.05) is 20.3 Å². The van der Waals surface area contributed by atoms with Crippen LogP contribution in [0, 0.1) is 11.7 Å². The Balaban J connectivity index is 1.87. The van der Waals surface area contributed by atoms with Crippen molar-refractivity contribution in [1.82, 2.24) is 5.32 Å². The minimum atomic E-state index is -0.323. The van der Waals surface area contributed by atoms with E-state index in [0.717, 1.165) is 25.7 Å². The van der Waals surface area contributed by atoms with Crippen LogP contribution in [0.2, 0.25) is 0 Å². The molecule has 106 valence electrons. The van der Waals surface area contributed by atoms with Crippen molar-refractivity contribution in [3.8, 4) is 5.75 Å². The van der Waals surface area contributed by atoms with Crippen LogP contribution in [0.25, 0.3) is 0 Å². The normalized spacial score (nSPS) is 26.6. The first-order chi connectivity index (χ1) is 9.22. The van der Waals surface area contributed by atoms with Gasteiger partial charge in [-0.1, -0.05) is 18.6 Å². The van der Waals surface area contributed by atoms with Gasteiger partial charge in [0.25, 0.3) is 0 Å². The largest absolute Gasteiger partial charge is 0.491 e. The summed E-state index contributed by atoms with van der Waals surface area (Å²) < 4.78 is 18.9. The molecule has 0 aliphatic heterocycles. The Kier molecular flexibility index (Phi) is 4.77. The molecule has 19 heavy (non-hydrogen) atoms. The van der Waals surface area contributed by atoms with Gasteiger partial charge >= 0.3 is 0 Å². The summed E-state index contributed by atoms with van der Waals surface area (Å²) in [4.78, 5) is 0. The molecule has 0 spiro atoms. The van der Waals surface area contributed by atoms with Gasteiger partial charge in [0, 0.05) is 5.54 Å². The summed E-state index contributed by atoms with van der Waals surface area (Å²) in [6.45, 7) is 0.628. The molecule has 1 aliphatic rings. The van der Waals surface area contributed by atoms with Gasteiger partial charge < -0.3 is 15.2 Å². The molecule has 0 bridgehead atoms. The third-order valence-corrected chi connectivity index (χ3v) is 4.30. The Labute approximate surface area is 113 Å². The second-order valence-electron chi connectivity index (χ2n) is 5.22. The highest BCUT2D eigenvalue weighted by molar-refractivity contribution is 5.23. The van der Waals surface area contributed by atoms with Crippen LogP contribution < -0.4 is 10.1 Å². The van der Waals surface area contributed by atoms with Crippen molar-refractivity contribution in [3.05, 3.63) is 30.1 Å². The Bertz CT molecular complexity index is 407. The van der Waals surface area contributed by atoms with Crippen molar-refractivity contribution in [1.29, 1.82) is 0 Å². The smallest absolute Gasteiger partial charge is 0.165 e. The van der Waals surface area contributed by atoms with Gasteiger partial charge in [0.05, 0.1) is 13.2 Å². The second-order valence-corrected chi connectivity index (χ2v) is 5.22. The van der Waals surface area contributed by atoms with Crippen molar-refractivity contribution >= 4 is 0 Å². The topological polar surface area (TPSA) is 41.5 Å². The van der Waals surface area contributed by atoms with E-state index in [-0.39, 0.29) is 18.0 Å². The predicted octanol–water partition coefficient (Wildman–Crippen LogP) is 2.35. The van der Waals surface area contributed by atoms with Crippen LogP contribution in [-0.4, -0.2) is 30.9 Å². The van der Waals surface area contributed by atoms with E-state index in [0.29, 0.717) is 18.3 Å². The molecule has 1 aromatic rings. The van der Waals surface area contributed by atoms with Crippen LogP contribution in [0.1, 0.15) is 25.7 Å². The minimum absolute atomic E-state index is 0.147. The van der Waals surface area contributed by atoms with E-state index < -0.39 is 0 Å². The van der Waals surface area contributed by atoms with Crippen LogP contribution in [0.3, 0.4) is 0 Å². The quantitative estimate of drug-likeness (QED) is 0.831. The Morgan fingerprint density at radius 3 is 2.95 bits per heavy atom. The highest BCUT2D eigenvalue weighted by Crippen LogP contribution is 2.37. The molecule has 1 fully saturated rings. The van der Waals surface area contributed by atoms with E-state index >= 15 is 0 Å². The minimum Gasteiger partial charge on any atom is -0.491 e. The summed E-state index contributed by atoms with van der Waals surface area (Å²) in [6, 6.07) is 6.45. The molecule has 1 aromatic carbocycles. The molecule has 3 nitrogen and oxygen atoms in total. The average molecular weight is 267 g/mol.